The Balaban J connectivity index is 1.07. The Morgan fingerprint density at radius 3 is 1.63 bits per heavy atom. The minimum absolute atomic E-state index is 0.603. The summed E-state index contributed by atoms with van der Waals surface area (Å²) in [6.45, 7) is 0. The van der Waals surface area contributed by atoms with Crippen LogP contribution in [0.5, 0.6) is 0 Å². The lowest BCUT2D eigenvalue weighted by Gasteiger charge is -2.14. The molecule has 0 amide bonds. The normalized spacial score (nSPS) is 11.5. The minimum Gasteiger partial charge on any atom is -0.455 e. The van der Waals surface area contributed by atoms with Crippen LogP contribution in [0.25, 0.3) is 117 Å². The molecule has 12 rings (SSSR count). The molecule has 0 N–H and O–H groups in total. The van der Waals surface area contributed by atoms with Crippen molar-refractivity contribution in [2.45, 2.75) is 0 Å². The maximum absolute atomic E-state index is 6.59. The topological polar surface area (TPSA) is 56.7 Å². The molecule has 0 spiro atoms. The van der Waals surface area contributed by atoms with Gasteiger partial charge >= 0.3 is 0 Å². The lowest BCUT2D eigenvalue weighted by atomic mass is 9.94. The lowest BCUT2D eigenvalue weighted by molar-refractivity contribution is 0.670. The molecular formula is C57H36N4O. The largest absolute Gasteiger partial charge is 0.455 e. The molecule has 0 saturated carbocycles. The summed E-state index contributed by atoms with van der Waals surface area (Å²) in [6.07, 6.45) is 0. The van der Waals surface area contributed by atoms with Crippen LogP contribution < -0.4 is 0 Å². The molecule has 3 heterocycles. The van der Waals surface area contributed by atoms with Crippen molar-refractivity contribution in [2.24, 2.45) is 0 Å². The van der Waals surface area contributed by atoms with E-state index in [1.165, 1.54) is 10.8 Å². The summed E-state index contributed by atoms with van der Waals surface area (Å²) < 4.78 is 8.99. The molecule has 3 aromatic heterocycles. The smallest absolute Gasteiger partial charge is 0.164 e. The summed E-state index contributed by atoms with van der Waals surface area (Å²) in [7, 11) is 0. The van der Waals surface area contributed by atoms with Crippen LogP contribution in [0.15, 0.2) is 223 Å². The van der Waals surface area contributed by atoms with Gasteiger partial charge in [-0.1, -0.05) is 176 Å². The van der Waals surface area contributed by atoms with E-state index < -0.39 is 0 Å². The van der Waals surface area contributed by atoms with Crippen molar-refractivity contribution in [3.8, 4) is 73.2 Å². The number of aromatic nitrogens is 4. The summed E-state index contributed by atoms with van der Waals surface area (Å²) in [4.78, 5) is 15.4. The molecule has 0 unspecified atom stereocenters. The molecular weight excluding hydrogens is 757 g/mol. The van der Waals surface area contributed by atoms with Gasteiger partial charge in [-0.05, 0) is 64.7 Å². The summed E-state index contributed by atoms with van der Waals surface area (Å²) in [5.74, 6) is 1.84. The second kappa shape index (κ2) is 14.7. The minimum atomic E-state index is 0.603. The third kappa shape index (κ3) is 6.06. The van der Waals surface area contributed by atoms with Gasteiger partial charge in [-0.3, -0.25) is 0 Å². The number of fused-ring (bicyclic) bond motifs is 6. The molecule has 0 aliphatic heterocycles. The zero-order valence-electron chi connectivity index (χ0n) is 33.5. The zero-order valence-corrected chi connectivity index (χ0v) is 33.5. The van der Waals surface area contributed by atoms with Gasteiger partial charge in [0.2, 0.25) is 0 Å². The van der Waals surface area contributed by atoms with Gasteiger partial charge in [0.05, 0.1) is 11.0 Å². The average molecular weight is 793 g/mol. The van der Waals surface area contributed by atoms with Crippen LogP contribution in [0.4, 0.5) is 0 Å². The first-order valence-corrected chi connectivity index (χ1v) is 20.8. The van der Waals surface area contributed by atoms with Crippen LogP contribution in [0.1, 0.15) is 0 Å². The molecule has 9 aromatic carbocycles. The molecule has 0 aliphatic rings. The summed E-state index contributed by atoms with van der Waals surface area (Å²) >= 11 is 0. The Hall–Kier alpha value is -8.41. The van der Waals surface area contributed by atoms with E-state index in [4.69, 9.17) is 19.4 Å². The highest BCUT2D eigenvalue weighted by Gasteiger charge is 2.21. The van der Waals surface area contributed by atoms with Crippen molar-refractivity contribution in [3.05, 3.63) is 218 Å². The number of hydrogen-bond acceptors (Lipinski definition) is 4. The van der Waals surface area contributed by atoms with Crippen molar-refractivity contribution in [1.29, 1.82) is 0 Å². The standard InChI is InChI=1S/C57H36N4O/c1-4-17-37(18-5-1)40-23-14-24-41(33-40)56-58-55(39-21-8-3-9-22-39)59-57(60-56)42-25-15-26-44(34-42)61-51-31-12-10-27-46(51)48-30-16-29-45(53(48)61)43-35-49(38-19-6-2-7-20-38)54-50(36-43)47-28-11-13-32-52(47)62-54/h1-36H. The molecule has 0 radical (unpaired) electrons. The monoisotopic (exact) mass is 792 g/mol. The van der Waals surface area contributed by atoms with Crippen LogP contribution in [0, 0.1) is 0 Å². The Morgan fingerprint density at radius 2 is 0.871 bits per heavy atom. The third-order valence-electron chi connectivity index (χ3n) is 11.8. The van der Waals surface area contributed by atoms with E-state index >= 15 is 0 Å². The molecule has 0 bridgehead atoms. The molecule has 0 fully saturated rings. The fourth-order valence-electron chi connectivity index (χ4n) is 8.94. The van der Waals surface area contributed by atoms with Crippen LogP contribution >= 0.6 is 0 Å². The van der Waals surface area contributed by atoms with Gasteiger partial charge < -0.3 is 8.98 Å². The van der Waals surface area contributed by atoms with Crippen LogP contribution in [0.2, 0.25) is 0 Å². The van der Waals surface area contributed by atoms with Crippen molar-refractivity contribution in [3.63, 3.8) is 0 Å². The van der Waals surface area contributed by atoms with Crippen LogP contribution in [-0.4, -0.2) is 19.5 Å². The van der Waals surface area contributed by atoms with Gasteiger partial charge in [0.25, 0.3) is 0 Å². The molecule has 5 nitrogen and oxygen atoms in total. The van der Waals surface area contributed by atoms with E-state index in [9.17, 15) is 0 Å². The van der Waals surface area contributed by atoms with E-state index in [0.717, 1.165) is 88.7 Å². The lowest BCUT2D eigenvalue weighted by Crippen LogP contribution is -2.01. The average Bonchev–Trinajstić information content (AvgIpc) is 3.91. The highest BCUT2D eigenvalue weighted by molar-refractivity contribution is 6.16. The predicted octanol–water partition coefficient (Wildman–Crippen LogP) is 14.9. The summed E-state index contributed by atoms with van der Waals surface area (Å²) in [5, 5.41) is 4.54. The van der Waals surface area contributed by atoms with Crippen molar-refractivity contribution in [1.82, 2.24) is 19.5 Å². The number of rotatable bonds is 7. The molecule has 5 heteroatoms. The van der Waals surface area contributed by atoms with Crippen LogP contribution in [-0.2, 0) is 0 Å². The molecule has 290 valence electrons. The first kappa shape index (κ1) is 35.5. The number of para-hydroxylation sites is 3. The molecule has 12 aromatic rings. The van der Waals surface area contributed by atoms with E-state index in [0.29, 0.717) is 17.5 Å². The Labute approximate surface area is 357 Å². The molecule has 0 atom stereocenters. The second-order valence-electron chi connectivity index (χ2n) is 15.6. The fraction of sp³-hybridized carbons (Fsp3) is 0. The zero-order chi connectivity index (χ0) is 41.0. The fourth-order valence-corrected chi connectivity index (χ4v) is 8.94. The molecule has 0 saturated heterocycles. The predicted molar refractivity (Wildman–Crippen MR) is 254 cm³/mol. The van der Waals surface area contributed by atoms with Crippen molar-refractivity contribution in [2.75, 3.05) is 0 Å². The van der Waals surface area contributed by atoms with Crippen molar-refractivity contribution < 1.29 is 4.42 Å². The van der Waals surface area contributed by atoms with E-state index in [-0.39, 0.29) is 0 Å². The highest BCUT2D eigenvalue weighted by atomic mass is 16.3. The van der Waals surface area contributed by atoms with Crippen LogP contribution in [0.3, 0.4) is 0 Å². The number of benzene rings is 9. The van der Waals surface area contributed by atoms with Gasteiger partial charge in [0, 0.05) is 55.0 Å². The second-order valence-corrected chi connectivity index (χ2v) is 15.6. The van der Waals surface area contributed by atoms with Crippen molar-refractivity contribution >= 4 is 43.7 Å². The molecule has 62 heavy (non-hydrogen) atoms. The van der Waals surface area contributed by atoms with E-state index in [1.807, 2.05) is 42.5 Å². The maximum atomic E-state index is 6.59. The number of furan rings is 1. The van der Waals surface area contributed by atoms with E-state index in [1.54, 1.807) is 0 Å². The Bertz CT molecular complexity index is 3630. The first-order chi connectivity index (χ1) is 30.7. The SMILES string of the molecule is c1ccc(-c2cccc(-c3nc(-c4ccccc4)nc(-c4cccc(-n5c6ccccc6c6cccc(-c7cc(-c8ccccc8)c8oc9ccccc9c8c7)c65)c4)n3)c2)cc1. The van der Waals surface area contributed by atoms with Gasteiger partial charge in [-0.25, -0.2) is 15.0 Å². The maximum Gasteiger partial charge on any atom is 0.164 e. The van der Waals surface area contributed by atoms with Gasteiger partial charge in [-0.15, -0.1) is 0 Å². The third-order valence-corrected chi connectivity index (χ3v) is 11.8. The molecule has 0 aliphatic carbocycles. The summed E-state index contributed by atoms with van der Waals surface area (Å²) in [5.41, 5.74) is 14.4. The highest BCUT2D eigenvalue weighted by Crippen LogP contribution is 2.43. The van der Waals surface area contributed by atoms with E-state index in [2.05, 4.69) is 180 Å². The number of nitrogens with zero attached hydrogens (tertiary/aromatic N) is 4. The van der Waals surface area contributed by atoms with Gasteiger partial charge in [0.1, 0.15) is 11.2 Å². The Morgan fingerprint density at radius 1 is 0.323 bits per heavy atom. The van der Waals surface area contributed by atoms with Gasteiger partial charge in [-0.2, -0.15) is 0 Å². The number of hydrogen-bond donors (Lipinski definition) is 0. The summed E-state index contributed by atoms with van der Waals surface area (Å²) in [6, 6.07) is 76.3. The first-order valence-electron chi connectivity index (χ1n) is 20.8. The quantitative estimate of drug-likeness (QED) is 0.161. The van der Waals surface area contributed by atoms with Gasteiger partial charge in [0.15, 0.2) is 17.5 Å². The Kier molecular flexibility index (Phi) is 8.42.